The van der Waals surface area contributed by atoms with Crippen LogP contribution in [0.5, 0.6) is 0 Å². The van der Waals surface area contributed by atoms with Gasteiger partial charge >= 0.3 is 6.09 Å². The predicted octanol–water partition coefficient (Wildman–Crippen LogP) is 12.6. The summed E-state index contributed by atoms with van der Waals surface area (Å²) < 4.78 is 5.74. The van der Waals surface area contributed by atoms with Crippen molar-refractivity contribution in [2.45, 2.75) is 168 Å². The van der Waals surface area contributed by atoms with Crippen LogP contribution in [0.15, 0.2) is 48.6 Å². The van der Waals surface area contributed by atoms with E-state index in [9.17, 15) is 9.90 Å². The van der Waals surface area contributed by atoms with Crippen LogP contribution in [0.25, 0.3) is 0 Å². The summed E-state index contributed by atoms with van der Waals surface area (Å²) in [4.78, 5) is 13.1. The van der Waals surface area contributed by atoms with E-state index in [-0.39, 0.29) is 0 Å². The predicted molar refractivity (Wildman–Crippen MR) is 189 cm³/mol. The summed E-state index contributed by atoms with van der Waals surface area (Å²) in [5.41, 5.74) is 0. The van der Waals surface area contributed by atoms with Crippen molar-refractivity contribution in [1.29, 1.82) is 0 Å². The van der Waals surface area contributed by atoms with Crippen molar-refractivity contribution < 1.29 is 14.6 Å². The fraction of sp³-hybridized carbons (Fsp3) is 0.769. The van der Waals surface area contributed by atoms with Crippen LogP contribution < -0.4 is 0 Å². The highest BCUT2D eigenvalue weighted by Crippen LogP contribution is 2.10. The van der Waals surface area contributed by atoms with E-state index in [4.69, 9.17) is 4.74 Å². The minimum atomic E-state index is -0.820. The number of rotatable bonds is 33. The number of ether oxygens (including phenoxy) is 1. The molecule has 1 amide bonds. The van der Waals surface area contributed by atoms with Gasteiger partial charge in [0.05, 0.1) is 6.61 Å². The Bertz CT molecular complexity index is 682. The lowest BCUT2D eigenvalue weighted by molar-refractivity contribution is 0.0915. The maximum Gasteiger partial charge on any atom is 0.407 e. The van der Waals surface area contributed by atoms with Gasteiger partial charge in [-0.15, -0.1) is 0 Å². The van der Waals surface area contributed by atoms with Crippen molar-refractivity contribution in [3.8, 4) is 0 Å². The zero-order valence-electron chi connectivity index (χ0n) is 28.6. The van der Waals surface area contributed by atoms with Gasteiger partial charge in [0.15, 0.2) is 0 Å². The molecule has 0 spiro atoms. The van der Waals surface area contributed by atoms with E-state index >= 15 is 0 Å². The number of hydrogen-bond acceptors (Lipinski definition) is 2. The number of amides is 1. The summed E-state index contributed by atoms with van der Waals surface area (Å²) in [6.07, 6.45) is 47.0. The molecule has 0 aromatic heterocycles. The van der Waals surface area contributed by atoms with Crippen molar-refractivity contribution >= 4 is 6.09 Å². The number of nitrogens with zero attached hydrogens (tertiary/aromatic N) is 1. The molecule has 1 N–H and O–H groups in total. The van der Waals surface area contributed by atoms with Gasteiger partial charge in [0, 0.05) is 19.7 Å². The molecule has 0 aromatic rings. The third kappa shape index (κ3) is 34.5. The third-order valence-corrected chi connectivity index (χ3v) is 7.89. The summed E-state index contributed by atoms with van der Waals surface area (Å²) in [7, 11) is 0. The molecule has 250 valence electrons. The molecule has 0 saturated carbocycles. The second kappa shape index (κ2) is 36.4. The Morgan fingerprint density at radius 3 is 1.33 bits per heavy atom. The van der Waals surface area contributed by atoms with E-state index in [2.05, 4.69) is 62.5 Å². The van der Waals surface area contributed by atoms with E-state index in [1.807, 2.05) is 0 Å². The highest BCUT2D eigenvalue weighted by molar-refractivity contribution is 5.64. The van der Waals surface area contributed by atoms with Crippen molar-refractivity contribution in [3.05, 3.63) is 48.6 Å². The molecule has 0 unspecified atom stereocenters. The van der Waals surface area contributed by atoms with Crippen LogP contribution in [-0.4, -0.2) is 42.4 Å². The molecule has 0 aliphatic carbocycles. The van der Waals surface area contributed by atoms with Crippen LogP contribution >= 0.6 is 0 Å². The normalized spacial score (nSPS) is 12.1. The van der Waals surface area contributed by atoms with Gasteiger partial charge in [-0.2, -0.15) is 0 Å². The van der Waals surface area contributed by atoms with Gasteiger partial charge < -0.3 is 14.7 Å². The van der Waals surface area contributed by atoms with E-state index in [1.165, 1.54) is 127 Å². The first kappa shape index (κ1) is 41.2. The Balaban J connectivity index is 3.49. The summed E-state index contributed by atoms with van der Waals surface area (Å²) in [6, 6.07) is 0. The lowest BCUT2D eigenvalue weighted by atomic mass is 10.1. The number of carbonyl (C=O) groups is 1. The summed E-state index contributed by atoms with van der Waals surface area (Å²) >= 11 is 0. The van der Waals surface area contributed by atoms with Gasteiger partial charge in [-0.25, -0.2) is 4.79 Å². The largest absolute Gasteiger partial charge is 0.465 e. The first-order valence-electron chi connectivity index (χ1n) is 18.4. The molecular formula is C39H71NO3. The quantitative estimate of drug-likeness (QED) is 0.0601. The lowest BCUT2D eigenvalue weighted by Crippen LogP contribution is -2.33. The summed E-state index contributed by atoms with van der Waals surface area (Å²) in [5, 5.41) is 9.50. The molecule has 4 nitrogen and oxygen atoms in total. The Kier molecular flexibility index (Phi) is 34.9. The van der Waals surface area contributed by atoms with Crippen molar-refractivity contribution in [2.75, 3.05) is 26.3 Å². The van der Waals surface area contributed by atoms with Crippen molar-refractivity contribution in [1.82, 2.24) is 4.90 Å². The topological polar surface area (TPSA) is 49.8 Å². The second-order valence-corrected chi connectivity index (χ2v) is 12.1. The van der Waals surface area contributed by atoms with Gasteiger partial charge in [0.1, 0.15) is 0 Å². The fourth-order valence-corrected chi connectivity index (χ4v) is 5.06. The van der Waals surface area contributed by atoms with Crippen LogP contribution in [0.4, 0.5) is 4.79 Å². The fourth-order valence-electron chi connectivity index (χ4n) is 5.06. The van der Waals surface area contributed by atoms with E-state index in [1.54, 1.807) is 0 Å². The Hall–Kier alpha value is -1.81. The Morgan fingerprint density at radius 1 is 0.488 bits per heavy atom. The first-order valence-corrected chi connectivity index (χ1v) is 18.4. The molecule has 0 saturated heterocycles. The lowest BCUT2D eigenvalue weighted by Gasteiger charge is -2.19. The molecule has 0 aliphatic rings. The van der Waals surface area contributed by atoms with Crippen LogP contribution in [0.3, 0.4) is 0 Å². The Morgan fingerprint density at radius 2 is 0.884 bits per heavy atom. The van der Waals surface area contributed by atoms with Gasteiger partial charge in [-0.1, -0.05) is 140 Å². The number of unbranched alkanes of at least 4 members (excludes halogenated alkanes) is 18. The molecule has 0 fully saturated rings. The molecule has 0 radical (unpaired) electrons. The zero-order valence-corrected chi connectivity index (χ0v) is 28.6. The van der Waals surface area contributed by atoms with Crippen LogP contribution in [-0.2, 0) is 4.74 Å². The minimum Gasteiger partial charge on any atom is -0.465 e. The molecule has 43 heavy (non-hydrogen) atoms. The number of hydrogen-bond donors (Lipinski definition) is 1. The van der Waals surface area contributed by atoms with Crippen LogP contribution in [0.2, 0.25) is 0 Å². The average molecular weight is 602 g/mol. The Labute approximate surface area is 268 Å². The van der Waals surface area contributed by atoms with Crippen molar-refractivity contribution in [3.63, 3.8) is 0 Å². The van der Waals surface area contributed by atoms with Crippen LogP contribution in [0.1, 0.15) is 168 Å². The van der Waals surface area contributed by atoms with Crippen molar-refractivity contribution in [2.24, 2.45) is 0 Å². The molecule has 0 bridgehead atoms. The number of carboxylic acid groups (broad SMARTS) is 1. The summed E-state index contributed by atoms with van der Waals surface area (Å²) in [5.74, 6) is 0. The minimum absolute atomic E-state index is 0.484. The molecule has 0 atom stereocenters. The van der Waals surface area contributed by atoms with Gasteiger partial charge in [-0.05, 0) is 77.0 Å². The standard InChI is InChI=1S/C39H71NO3/c1-3-5-7-9-11-13-15-17-19-21-23-25-27-29-31-33-35-40(39(41)42)36-38-43-37-34-32-30-28-26-24-22-20-18-16-14-12-10-8-6-4-2/h11-14,17-20H,3-10,15-16,21-38H2,1-2H3,(H,41,42)/b13-11-,14-12-,19-17-,20-18-. The van der Waals surface area contributed by atoms with Gasteiger partial charge in [0.2, 0.25) is 0 Å². The zero-order chi connectivity index (χ0) is 31.3. The monoisotopic (exact) mass is 602 g/mol. The molecule has 4 heteroatoms. The molecule has 0 rings (SSSR count). The second-order valence-electron chi connectivity index (χ2n) is 12.1. The average Bonchev–Trinajstić information content (AvgIpc) is 3.00. The molecule has 0 aromatic carbocycles. The van der Waals surface area contributed by atoms with Gasteiger partial charge in [-0.3, -0.25) is 0 Å². The van der Waals surface area contributed by atoms with Crippen LogP contribution in [0, 0.1) is 0 Å². The smallest absolute Gasteiger partial charge is 0.407 e. The maximum absolute atomic E-state index is 11.6. The molecule has 0 aliphatic heterocycles. The van der Waals surface area contributed by atoms with E-state index in [0.717, 1.165) is 38.7 Å². The third-order valence-electron chi connectivity index (χ3n) is 7.89. The van der Waals surface area contributed by atoms with E-state index in [0.29, 0.717) is 19.7 Å². The van der Waals surface area contributed by atoms with Gasteiger partial charge in [0.25, 0.3) is 0 Å². The number of allylic oxidation sites excluding steroid dienone is 8. The highest BCUT2D eigenvalue weighted by atomic mass is 16.5. The first-order chi connectivity index (χ1) is 21.2. The highest BCUT2D eigenvalue weighted by Gasteiger charge is 2.10. The SMILES string of the molecule is CCCCC/C=C\C/C=C\CCCCCCCCOCCN(CCCCCCCC/C=C\C/C=C\CCCCC)C(=O)O. The molecule has 0 heterocycles. The van der Waals surface area contributed by atoms with E-state index < -0.39 is 6.09 Å². The maximum atomic E-state index is 11.6. The summed E-state index contributed by atoms with van der Waals surface area (Å²) in [6.45, 7) is 6.86. The molecular weight excluding hydrogens is 530 g/mol.